The molecule has 1 saturated carbocycles. The van der Waals surface area contributed by atoms with Gasteiger partial charge in [-0.15, -0.1) is 0 Å². The molecule has 0 atom stereocenters. The highest BCUT2D eigenvalue weighted by molar-refractivity contribution is 5.72. The smallest absolute Gasteiger partial charge is 0.429 e. The van der Waals surface area contributed by atoms with E-state index >= 15 is 13.2 Å². The van der Waals surface area contributed by atoms with Crippen molar-refractivity contribution in [2.75, 3.05) is 0 Å². The van der Waals surface area contributed by atoms with E-state index in [4.69, 9.17) is 0 Å². The molecule has 46 heavy (non-hydrogen) atoms. The number of halogens is 9. The predicted octanol–water partition coefficient (Wildman–Crippen LogP) is 12.0. The van der Waals surface area contributed by atoms with Crippen molar-refractivity contribution >= 4 is 0 Å². The molecule has 0 spiro atoms. The predicted molar refractivity (Wildman–Crippen MR) is 157 cm³/mol. The Morgan fingerprint density at radius 1 is 0.630 bits per heavy atom. The first-order chi connectivity index (χ1) is 21.9. The van der Waals surface area contributed by atoms with Crippen molar-refractivity contribution in [1.82, 2.24) is 0 Å². The lowest BCUT2D eigenvalue weighted by atomic mass is 9.77. The van der Waals surface area contributed by atoms with E-state index in [-0.39, 0.29) is 28.2 Å². The third-order valence-corrected chi connectivity index (χ3v) is 8.65. The summed E-state index contributed by atoms with van der Waals surface area (Å²) >= 11 is 0. The van der Waals surface area contributed by atoms with Gasteiger partial charge in [0.1, 0.15) is 34.6 Å². The first-order valence-corrected chi connectivity index (χ1v) is 15.2. The van der Waals surface area contributed by atoms with Crippen molar-refractivity contribution in [3.8, 4) is 28.0 Å². The summed E-state index contributed by atoms with van der Waals surface area (Å²) in [7, 11) is 0. The van der Waals surface area contributed by atoms with Gasteiger partial charge in [0.15, 0.2) is 17.5 Å². The van der Waals surface area contributed by atoms with Crippen LogP contribution in [0.1, 0.15) is 75.3 Å². The molecule has 244 valence electrons. The zero-order chi connectivity index (χ0) is 33.2. The van der Waals surface area contributed by atoms with Gasteiger partial charge in [0, 0.05) is 17.2 Å². The van der Waals surface area contributed by atoms with Gasteiger partial charge in [0.2, 0.25) is 0 Å². The molecule has 0 N–H and O–H groups in total. The van der Waals surface area contributed by atoms with Crippen LogP contribution in [0.2, 0.25) is 0 Å². The van der Waals surface area contributed by atoms with Crippen LogP contribution in [0.3, 0.4) is 0 Å². The standard InChI is InChI=1S/C36H31F9O/c1-2-3-4-5-20-6-8-21(9-7-20)23-15-30(39)34(31(40)16-23)36(44,45)46-25-11-13-26(29(38)19-25)22-10-12-27(28(37)14-22)24-17-32(41)35(43)33(42)18-24/h10-21H,2-9H2,1H3. The SMILES string of the molecule is CCCCCC1CCC(c2cc(F)c(C(F)(F)Oc3ccc(-c4ccc(-c5cc(F)c(F)c(F)c5)c(F)c4)c(F)c3)c(F)c2)CC1. The van der Waals surface area contributed by atoms with Gasteiger partial charge in [-0.1, -0.05) is 44.7 Å². The first-order valence-electron chi connectivity index (χ1n) is 15.2. The van der Waals surface area contributed by atoms with Gasteiger partial charge in [-0.25, -0.2) is 30.7 Å². The Morgan fingerprint density at radius 3 is 1.78 bits per heavy atom. The molecule has 0 saturated heterocycles. The second kappa shape index (κ2) is 13.8. The summed E-state index contributed by atoms with van der Waals surface area (Å²) in [6.45, 7) is 2.13. The second-order valence-corrected chi connectivity index (χ2v) is 11.8. The maximum atomic E-state index is 15.1. The van der Waals surface area contributed by atoms with Crippen LogP contribution < -0.4 is 4.74 Å². The number of unbranched alkanes of at least 4 members (excludes halogenated alkanes) is 2. The number of hydrogen-bond donors (Lipinski definition) is 0. The first kappa shape index (κ1) is 33.4. The van der Waals surface area contributed by atoms with Crippen LogP contribution in [0.25, 0.3) is 22.3 Å². The number of ether oxygens (including phenoxy) is 1. The fraction of sp³-hybridized carbons (Fsp3) is 0.333. The molecule has 5 rings (SSSR count). The molecule has 4 aromatic rings. The lowest BCUT2D eigenvalue weighted by molar-refractivity contribution is -0.189. The van der Waals surface area contributed by atoms with Crippen LogP contribution in [0.4, 0.5) is 39.5 Å². The van der Waals surface area contributed by atoms with Gasteiger partial charge >= 0.3 is 6.11 Å². The Morgan fingerprint density at radius 2 is 1.20 bits per heavy atom. The van der Waals surface area contributed by atoms with E-state index in [0.29, 0.717) is 42.5 Å². The lowest BCUT2D eigenvalue weighted by Gasteiger charge is -2.29. The van der Waals surface area contributed by atoms with Crippen molar-refractivity contribution < 1.29 is 44.3 Å². The Balaban J connectivity index is 1.30. The Hall–Kier alpha value is -3.95. The molecule has 0 heterocycles. The van der Waals surface area contributed by atoms with Gasteiger partial charge in [-0.05, 0) is 96.7 Å². The third kappa shape index (κ3) is 7.21. The van der Waals surface area contributed by atoms with E-state index in [1.54, 1.807) is 0 Å². The average Bonchev–Trinajstić information content (AvgIpc) is 2.99. The summed E-state index contributed by atoms with van der Waals surface area (Å²) < 4.78 is 135. The van der Waals surface area contributed by atoms with Gasteiger partial charge in [-0.3, -0.25) is 0 Å². The van der Waals surface area contributed by atoms with Crippen molar-refractivity contribution in [3.63, 3.8) is 0 Å². The summed E-state index contributed by atoms with van der Waals surface area (Å²) in [5.74, 6) is -10.2. The zero-order valence-corrected chi connectivity index (χ0v) is 24.9. The van der Waals surface area contributed by atoms with E-state index in [9.17, 15) is 26.3 Å². The van der Waals surface area contributed by atoms with E-state index < -0.39 is 58.1 Å². The van der Waals surface area contributed by atoms with Crippen molar-refractivity contribution in [2.45, 2.75) is 70.3 Å². The lowest BCUT2D eigenvalue weighted by Crippen LogP contribution is -2.26. The zero-order valence-electron chi connectivity index (χ0n) is 24.9. The highest BCUT2D eigenvalue weighted by Gasteiger charge is 2.42. The molecule has 0 amide bonds. The molecule has 1 aliphatic rings. The molecule has 1 nitrogen and oxygen atoms in total. The van der Waals surface area contributed by atoms with Gasteiger partial charge in [-0.2, -0.15) is 8.78 Å². The van der Waals surface area contributed by atoms with Gasteiger partial charge in [0.25, 0.3) is 0 Å². The highest BCUT2D eigenvalue weighted by Crippen LogP contribution is 2.42. The average molecular weight is 651 g/mol. The molecule has 1 fully saturated rings. The molecule has 1 aliphatic carbocycles. The maximum Gasteiger partial charge on any atom is 0.432 e. The fourth-order valence-electron chi connectivity index (χ4n) is 6.19. The van der Waals surface area contributed by atoms with Crippen LogP contribution in [0.5, 0.6) is 5.75 Å². The Labute approximate surface area is 261 Å². The molecule has 0 radical (unpaired) electrons. The minimum absolute atomic E-state index is 0.0669. The molecular formula is C36H31F9O. The van der Waals surface area contributed by atoms with Crippen molar-refractivity contribution in [1.29, 1.82) is 0 Å². The summed E-state index contributed by atoms with van der Waals surface area (Å²) in [6.07, 6.45) is 3.28. The number of hydrogen-bond acceptors (Lipinski definition) is 1. The molecule has 0 aliphatic heterocycles. The summed E-state index contributed by atoms with van der Waals surface area (Å²) in [5.41, 5.74) is -2.20. The molecular weight excluding hydrogens is 619 g/mol. The fourth-order valence-corrected chi connectivity index (χ4v) is 6.19. The topological polar surface area (TPSA) is 9.23 Å². The minimum atomic E-state index is -4.49. The third-order valence-electron chi connectivity index (χ3n) is 8.65. The molecule has 4 aromatic carbocycles. The Kier molecular flexibility index (Phi) is 10.0. The van der Waals surface area contributed by atoms with E-state index in [1.807, 2.05) is 0 Å². The monoisotopic (exact) mass is 650 g/mol. The minimum Gasteiger partial charge on any atom is -0.429 e. The van der Waals surface area contributed by atoms with Gasteiger partial charge < -0.3 is 4.74 Å². The van der Waals surface area contributed by atoms with Crippen LogP contribution in [0, 0.1) is 46.6 Å². The highest BCUT2D eigenvalue weighted by atomic mass is 19.3. The number of benzene rings is 4. The van der Waals surface area contributed by atoms with Crippen LogP contribution in [-0.4, -0.2) is 0 Å². The van der Waals surface area contributed by atoms with Crippen LogP contribution in [-0.2, 0) is 6.11 Å². The summed E-state index contributed by atoms with van der Waals surface area (Å²) in [5, 5.41) is 0. The van der Waals surface area contributed by atoms with Crippen molar-refractivity contribution in [2.24, 2.45) is 5.92 Å². The molecule has 0 aromatic heterocycles. The van der Waals surface area contributed by atoms with Crippen LogP contribution >= 0.6 is 0 Å². The molecule has 0 unspecified atom stereocenters. The summed E-state index contributed by atoms with van der Waals surface area (Å²) in [4.78, 5) is 0. The molecule has 0 bridgehead atoms. The Bertz CT molecular complexity index is 1660. The van der Waals surface area contributed by atoms with E-state index in [1.165, 1.54) is 6.07 Å². The normalized spacial score (nSPS) is 16.9. The molecule has 10 heteroatoms. The van der Waals surface area contributed by atoms with Crippen molar-refractivity contribution in [3.05, 3.63) is 113 Å². The number of rotatable bonds is 10. The number of alkyl halides is 2. The largest absolute Gasteiger partial charge is 0.432 e. The van der Waals surface area contributed by atoms with Gasteiger partial charge in [0.05, 0.1) is 0 Å². The summed E-state index contributed by atoms with van der Waals surface area (Å²) in [6, 6.07) is 8.64. The van der Waals surface area contributed by atoms with E-state index in [0.717, 1.165) is 74.9 Å². The quantitative estimate of drug-likeness (QED) is 0.0943. The maximum absolute atomic E-state index is 15.1. The van der Waals surface area contributed by atoms with Crippen LogP contribution in [0.15, 0.2) is 60.7 Å². The van der Waals surface area contributed by atoms with E-state index in [2.05, 4.69) is 11.7 Å². The second-order valence-electron chi connectivity index (χ2n) is 11.8.